The fourth-order valence-electron chi connectivity index (χ4n) is 4.89. The second-order valence-electron chi connectivity index (χ2n) is 10.6. The molecule has 0 aliphatic carbocycles. The number of hydrogen-bond donors (Lipinski definition) is 0. The molecule has 0 radical (unpaired) electrons. The highest BCUT2D eigenvalue weighted by molar-refractivity contribution is 6.17. The molecule has 0 aromatic carbocycles. The van der Waals surface area contributed by atoms with Crippen LogP contribution in [0.25, 0.3) is 0 Å². The number of rotatable bonds is 26. The Balaban J connectivity index is 0. The van der Waals surface area contributed by atoms with Crippen LogP contribution in [0.5, 0.6) is 0 Å². The summed E-state index contributed by atoms with van der Waals surface area (Å²) in [6, 6.07) is 0. The van der Waals surface area contributed by atoms with E-state index in [0.717, 1.165) is 5.88 Å². The molecule has 0 unspecified atom stereocenters. The van der Waals surface area contributed by atoms with Gasteiger partial charge in [0.2, 0.25) is 0 Å². The molecule has 0 saturated carbocycles. The number of alkyl halides is 1. The van der Waals surface area contributed by atoms with Gasteiger partial charge in [-0.2, -0.15) is 0 Å². The van der Waals surface area contributed by atoms with E-state index in [0.29, 0.717) is 0 Å². The van der Waals surface area contributed by atoms with Crippen LogP contribution in [0.1, 0.15) is 155 Å². The summed E-state index contributed by atoms with van der Waals surface area (Å²) in [4.78, 5) is 0. The summed E-state index contributed by atoms with van der Waals surface area (Å²) in [5.74, 6) is 0.830. The first kappa shape index (κ1) is 34.7. The van der Waals surface area contributed by atoms with E-state index in [2.05, 4.69) is 20.9 Å². The van der Waals surface area contributed by atoms with Crippen LogP contribution in [-0.4, -0.2) is 37.0 Å². The molecule has 3 heteroatoms. The SMILES string of the molecule is CCCCCCCCCCCC[N+](C)(CCCCCl)CCCCCCCCCCCC.[Cl-]. The van der Waals surface area contributed by atoms with Crippen molar-refractivity contribution in [3.8, 4) is 0 Å². The standard InChI is InChI=1S/C29H61ClN.ClH/c1-4-6-8-10-12-14-16-18-20-23-27-31(3,29-25-22-26-30)28-24-21-19-17-15-13-11-9-7-5-2;/h4-29H2,1-3H3;1H/q+1;/p-1. The Kier molecular flexibility index (Phi) is 30.1. The molecule has 0 aliphatic heterocycles. The van der Waals surface area contributed by atoms with Crippen LogP contribution in [0, 0.1) is 0 Å². The Labute approximate surface area is 215 Å². The lowest BCUT2D eigenvalue weighted by molar-refractivity contribution is -0.910. The van der Waals surface area contributed by atoms with Crippen molar-refractivity contribution in [2.45, 2.75) is 155 Å². The van der Waals surface area contributed by atoms with E-state index in [1.165, 1.54) is 165 Å². The largest absolute Gasteiger partial charge is 1.00 e. The maximum Gasteiger partial charge on any atom is 0.0784 e. The lowest BCUT2D eigenvalue weighted by atomic mass is 10.1. The molecule has 0 aromatic rings. The van der Waals surface area contributed by atoms with Gasteiger partial charge in [-0.1, -0.05) is 117 Å². The first-order chi connectivity index (χ1) is 15.2. The van der Waals surface area contributed by atoms with Crippen molar-refractivity contribution in [1.82, 2.24) is 0 Å². The molecule has 0 fully saturated rings. The minimum absolute atomic E-state index is 0. The van der Waals surface area contributed by atoms with E-state index >= 15 is 0 Å². The van der Waals surface area contributed by atoms with Gasteiger partial charge in [-0.05, 0) is 38.5 Å². The Morgan fingerprint density at radius 2 is 0.656 bits per heavy atom. The van der Waals surface area contributed by atoms with Gasteiger partial charge in [0.05, 0.1) is 26.7 Å². The first-order valence-corrected chi connectivity index (χ1v) is 15.1. The van der Waals surface area contributed by atoms with E-state index in [1.807, 2.05) is 0 Å². The van der Waals surface area contributed by atoms with E-state index < -0.39 is 0 Å². The summed E-state index contributed by atoms with van der Waals surface area (Å²) < 4.78 is 1.30. The number of halogens is 2. The molecule has 32 heavy (non-hydrogen) atoms. The van der Waals surface area contributed by atoms with Gasteiger partial charge in [0.25, 0.3) is 0 Å². The molecule has 196 valence electrons. The summed E-state index contributed by atoms with van der Waals surface area (Å²) >= 11 is 5.95. The molecule has 0 N–H and O–H groups in total. The van der Waals surface area contributed by atoms with Crippen molar-refractivity contribution in [3.05, 3.63) is 0 Å². The van der Waals surface area contributed by atoms with E-state index in [-0.39, 0.29) is 12.4 Å². The van der Waals surface area contributed by atoms with Crippen molar-refractivity contribution in [2.24, 2.45) is 0 Å². The zero-order chi connectivity index (χ0) is 22.9. The van der Waals surface area contributed by atoms with Crippen LogP contribution in [0.2, 0.25) is 0 Å². The summed E-state index contributed by atoms with van der Waals surface area (Å²) in [7, 11) is 2.52. The maximum absolute atomic E-state index is 5.95. The molecule has 0 spiro atoms. The predicted octanol–water partition coefficient (Wildman–Crippen LogP) is 7.30. The third kappa shape index (κ3) is 25.2. The molecule has 0 rings (SSSR count). The number of hydrogen-bond acceptors (Lipinski definition) is 0. The monoisotopic (exact) mass is 493 g/mol. The summed E-state index contributed by atoms with van der Waals surface area (Å²) in [5, 5.41) is 0. The topological polar surface area (TPSA) is 0 Å². The predicted molar refractivity (Wildman–Crippen MR) is 144 cm³/mol. The van der Waals surface area contributed by atoms with Gasteiger partial charge in [0, 0.05) is 5.88 Å². The Morgan fingerprint density at radius 1 is 0.406 bits per heavy atom. The highest BCUT2D eigenvalue weighted by Crippen LogP contribution is 2.16. The summed E-state index contributed by atoms with van der Waals surface area (Å²) in [6.07, 6.45) is 31.3. The lowest BCUT2D eigenvalue weighted by Crippen LogP contribution is -3.00. The number of nitrogens with zero attached hydrogens (tertiary/aromatic N) is 1. The molecule has 1 nitrogen and oxygen atoms in total. The molecule has 0 atom stereocenters. The van der Waals surface area contributed by atoms with Gasteiger partial charge in [0.15, 0.2) is 0 Å². The third-order valence-electron chi connectivity index (χ3n) is 7.18. The highest BCUT2D eigenvalue weighted by atomic mass is 35.5. The molecule has 0 saturated heterocycles. The van der Waals surface area contributed by atoms with Crippen LogP contribution in [-0.2, 0) is 0 Å². The van der Waals surface area contributed by atoms with Crippen LogP contribution < -0.4 is 12.4 Å². The van der Waals surface area contributed by atoms with E-state index in [4.69, 9.17) is 11.6 Å². The maximum atomic E-state index is 5.95. The van der Waals surface area contributed by atoms with Crippen molar-refractivity contribution >= 4 is 11.6 Å². The summed E-state index contributed by atoms with van der Waals surface area (Å²) in [5.41, 5.74) is 0. The lowest BCUT2D eigenvalue weighted by Gasteiger charge is -2.35. The zero-order valence-electron chi connectivity index (χ0n) is 22.6. The van der Waals surface area contributed by atoms with Gasteiger partial charge in [-0.3, -0.25) is 0 Å². The Morgan fingerprint density at radius 3 is 0.938 bits per heavy atom. The second-order valence-corrected chi connectivity index (χ2v) is 10.9. The molecule has 0 bridgehead atoms. The highest BCUT2D eigenvalue weighted by Gasteiger charge is 2.20. The second kappa shape index (κ2) is 27.8. The van der Waals surface area contributed by atoms with Crippen molar-refractivity contribution in [1.29, 1.82) is 0 Å². The van der Waals surface area contributed by atoms with Crippen LogP contribution in [0.4, 0.5) is 0 Å². The zero-order valence-corrected chi connectivity index (χ0v) is 24.1. The van der Waals surface area contributed by atoms with Crippen molar-refractivity contribution in [2.75, 3.05) is 32.6 Å². The number of unbranched alkanes of at least 4 members (excludes halogenated alkanes) is 19. The molecule has 0 heterocycles. The van der Waals surface area contributed by atoms with Gasteiger partial charge in [-0.15, -0.1) is 11.6 Å². The molecular formula is C29H61Cl2N. The molecule has 0 aromatic heterocycles. The average molecular weight is 495 g/mol. The summed E-state index contributed by atoms with van der Waals surface area (Å²) in [6.45, 7) is 8.71. The minimum Gasteiger partial charge on any atom is -1.00 e. The fraction of sp³-hybridized carbons (Fsp3) is 1.00. The Bertz CT molecular complexity index is 311. The van der Waals surface area contributed by atoms with Gasteiger partial charge in [-0.25, -0.2) is 0 Å². The smallest absolute Gasteiger partial charge is 0.0784 e. The minimum atomic E-state index is 0. The molecule has 0 amide bonds. The molecular weight excluding hydrogens is 433 g/mol. The van der Waals surface area contributed by atoms with Crippen LogP contribution >= 0.6 is 11.6 Å². The van der Waals surface area contributed by atoms with Crippen LogP contribution in [0.15, 0.2) is 0 Å². The normalized spacial score (nSPS) is 11.6. The van der Waals surface area contributed by atoms with E-state index in [9.17, 15) is 0 Å². The third-order valence-corrected chi connectivity index (χ3v) is 7.45. The van der Waals surface area contributed by atoms with Crippen molar-refractivity contribution < 1.29 is 16.9 Å². The molecule has 0 aliphatic rings. The van der Waals surface area contributed by atoms with Gasteiger partial charge in [0.1, 0.15) is 0 Å². The van der Waals surface area contributed by atoms with Gasteiger partial charge < -0.3 is 16.9 Å². The van der Waals surface area contributed by atoms with Gasteiger partial charge >= 0.3 is 0 Å². The van der Waals surface area contributed by atoms with E-state index in [1.54, 1.807) is 0 Å². The quantitative estimate of drug-likeness (QED) is 0.0672. The average Bonchev–Trinajstić information content (AvgIpc) is 2.76. The van der Waals surface area contributed by atoms with Crippen LogP contribution in [0.3, 0.4) is 0 Å². The Hall–Kier alpha value is 0.540. The number of quaternary nitrogens is 1. The first-order valence-electron chi connectivity index (χ1n) is 14.6. The van der Waals surface area contributed by atoms with Crippen molar-refractivity contribution in [3.63, 3.8) is 0 Å². The fourth-order valence-corrected chi connectivity index (χ4v) is 5.07.